The van der Waals surface area contributed by atoms with Gasteiger partial charge in [-0.3, -0.25) is 0 Å². The highest BCUT2D eigenvalue weighted by Gasteiger charge is 2.19. The summed E-state index contributed by atoms with van der Waals surface area (Å²) >= 11 is 4.04. The molecule has 1 unspecified atom stereocenters. The predicted molar refractivity (Wildman–Crippen MR) is 140 cm³/mol. The molecule has 0 aliphatic carbocycles. The number of thioether (sulfide) groups is 2. The minimum atomic E-state index is 0.511. The van der Waals surface area contributed by atoms with E-state index in [4.69, 9.17) is 0 Å². The summed E-state index contributed by atoms with van der Waals surface area (Å²) in [5.74, 6) is 0.705. The summed E-state index contributed by atoms with van der Waals surface area (Å²) in [6, 6.07) is 32.7. The Morgan fingerprint density at radius 3 is 1.77 bits per heavy atom. The van der Waals surface area contributed by atoms with E-state index in [1.54, 1.807) is 0 Å². The van der Waals surface area contributed by atoms with E-state index in [-0.39, 0.29) is 0 Å². The lowest BCUT2D eigenvalue weighted by atomic mass is 9.93. The molecule has 0 saturated carbocycles. The summed E-state index contributed by atoms with van der Waals surface area (Å²) in [6.45, 7) is 4.44. The van der Waals surface area contributed by atoms with Gasteiger partial charge in [-0.25, -0.2) is 0 Å². The van der Waals surface area contributed by atoms with Crippen molar-refractivity contribution in [2.75, 3.05) is 0 Å². The smallest absolute Gasteiger partial charge is 0.0599 e. The van der Waals surface area contributed by atoms with Crippen molar-refractivity contribution in [2.24, 2.45) is 5.92 Å². The molecular weight excluding hydrogens is 412 g/mol. The first-order chi connectivity index (χ1) is 15.2. The maximum absolute atomic E-state index is 2.44. The zero-order valence-corrected chi connectivity index (χ0v) is 20.4. The molecule has 0 N–H and O–H groups in total. The molecule has 31 heavy (non-hydrogen) atoms. The molecule has 0 fully saturated rings. The van der Waals surface area contributed by atoms with Gasteiger partial charge in [0.1, 0.15) is 0 Å². The molecule has 2 heteroatoms. The SMILES string of the molecule is CC(C)=CCC(CCCc1ccccc1)CC(Sc1ccccc1)Sc1ccccc1. The van der Waals surface area contributed by atoms with Gasteiger partial charge in [0, 0.05) is 9.79 Å². The van der Waals surface area contributed by atoms with Crippen molar-refractivity contribution in [3.05, 3.63) is 108 Å². The van der Waals surface area contributed by atoms with Crippen LogP contribution in [0.25, 0.3) is 0 Å². The second-order valence-electron chi connectivity index (χ2n) is 8.29. The molecule has 0 amide bonds. The highest BCUT2D eigenvalue weighted by molar-refractivity contribution is 8.17. The first kappa shape index (κ1) is 23.8. The maximum atomic E-state index is 2.44. The van der Waals surface area contributed by atoms with Gasteiger partial charge in [0.2, 0.25) is 0 Å². The topological polar surface area (TPSA) is 0 Å². The van der Waals surface area contributed by atoms with Crippen LogP contribution in [0.5, 0.6) is 0 Å². The lowest BCUT2D eigenvalue weighted by Crippen LogP contribution is -2.09. The third kappa shape index (κ3) is 9.41. The molecule has 162 valence electrons. The van der Waals surface area contributed by atoms with Gasteiger partial charge in [0.15, 0.2) is 0 Å². The standard InChI is InChI=1S/C29H34S2/c1-24(2)21-22-26(16-12-15-25-13-6-3-7-14-25)23-29(30-27-17-8-4-9-18-27)31-28-19-10-5-11-20-28/h3-11,13-14,17-21,26,29H,12,15-16,22-23H2,1-2H3. The summed E-state index contributed by atoms with van der Waals surface area (Å²) in [4.78, 5) is 2.72. The van der Waals surface area contributed by atoms with E-state index in [0.29, 0.717) is 10.5 Å². The highest BCUT2D eigenvalue weighted by Crippen LogP contribution is 2.40. The van der Waals surface area contributed by atoms with Gasteiger partial charge < -0.3 is 0 Å². The summed E-state index contributed by atoms with van der Waals surface area (Å²) in [7, 11) is 0. The lowest BCUT2D eigenvalue weighted by molar-refractivity contribution is 0.456. The van der Waals surface area contributed by atoms with Gasteiger partial charge in [-0.05, 0) is 81.7 Å². The maximum Gasteiger partial charge on any atom is 0.0599 e. The van der Waals surface area contributed by atoms with Crippen molar-refractivity contribution >= 4 is 23.5 Å². The molecule has 0 spiro atoms. The average molecular weight is 447 g/mol. The molecule has 0 aliphatic heterocycles. The Hall–Kier alpha value is -1.90. The van der Waals surface area contributed by atoms with E-state index in [1.165, 1.54) is 53.0 Å². The fraction of sp³-hybridized carbons (Fsp3) is 0.310. The van der Waals surface area contributed by atoms with Gasteiger partial charge in [-0.15, -0.1) is 23.5 Å². The monoisotopic (exact) mass is 446 g/mol. The average Bonchev–Trinajstić information content (AvgIpc) is 2.79. The number of rotatable bonds is 12. The minimum Gasteiger partial charge on any atom is -0.111 e. The van der Waals surface area contributed by atoms with Crippen molar-refractivity contribution in [3.63, 3.8) is 0 Å². The third-order valence-corrected chi connectivity index (χ3v) is 7.90. The van der Waals surface area contributed by atoms with Crippen molar-refractivity contribution < 1.29 is 0 Å². The first-order valence-corrected chi connectivity index (χ1v) is 13.1. The van der Waals surface area contributed by atoms with Crippen LogP contribution < -0.4 is 0 Å². The fourth-order valence-electron chi connectivity index (χ4n) is 3.67. The Morgan fingerprint density at radius 1 is 0.742 bits per heavy atom. The number of hydrogen-bond donors (Lipinski definition) is 0. The van der Waals surface area contributed by atoms with Crippen LogP contribution in [0.15, 0.2) is 112 Å². The Labute approximate surface area is 197 Å². The van der Waals surface area contributed by atoms with Gasteiger partial charge >= 0.3 is 0 Å². The quantitative estimate of drug-likeness (QED) is 0.154. The van der Waals surface area contributed by atoms with Gasteiger partial charge in [-0.2, -0.15) is 0 Å². The van der Waals surface area contributed by atoms with Gasteiger partial charge in [-0.1, -0.05) is 78.4 Å². The number of benzene rings is 3. The summed E-state index contributed by atoms with van der Waals surface area (Å²) < 4.78 is 0.511. The molecule has 3 aromatic carbocycles. The molecule has 0 heterocycles. The summed E-state index contributed by atoms with van der Waals surface area (Å²) in [6.07, 6.45) is 8.54. The van der Waals surface area contributed by atoms with Crippen molar-refractivity contribution in [1.29, 1.82) is 0 Å². The minimum absolute atomic E-state index is 0.511. The second-order valence-corrected chi connectivity index (χ2v) is 11.1. The zero-order valence-electron chi connectivity index (χ0n) is 18.7. The van der Waals surface area contributed by atoms with Gasteiger partial charge in [0.05, 0.1) is 4.58 Å². The molecule has 0 aromatic heterocycles. The molecule has 0 saturated heterocycles. The van der Waals surface area contributed by atoms with Crippen LogP contribution >= 0.6 is 23.5 Å². The Morgan fingerprint density at radius 2 is 1.26 bits per heavy atom. The van der Waals surface area contributed by atoms with Crippen LogP contribution in [0, 0.1) is 5.92 Å². The Balaban J connectivity index is 1.67. The van der Waals surface area contributed by atoms with Crippen molar-refractivity contribution in [1.82, 2.24) is 0 Å². The van der Waals surface area contributed by atoms with Crippen LogP contribution in [0.1, 0.15) is 45.1 Å². The lowest BCUT2D eigenvalue weighted by Gasteiger charge is -2.23. The van der Waals surface area contributed by atoms with Crippen LogP contribution in [-0.2, 0) is 6.42 Å². The van der Waals surface area contributed by atoms with E-state index in [9.17, 15) is 0 Å². The number of aryl methyl sites for hydroxylation is 1. The molecule has 3 aromatic rings. The van der Waals surface area contributed by atoms with E-state index in [1.807, 2.05) is 23.5 Å². The molecule has 1 atom stereocenters. The Kier molecular flexibility index (Phi) is 10.3. The van der Waals surface area contributed by atoms with E-state index < -0.39 is 0 Å². The van der Waals surface area contributed by atoms with Crippen LogP contribution in [-0.4, -0.2) is 4.58 Å². The predicted octanol–water partition coefficient (Wildman–Crippen LogP) is 9.28. The van der Waals surface area contributed by atoms with E-state index >= 15 is 0 Å². The molecule has 0 nitrogen and oxygen atoms in total. The first-order valence-electron chi connectivity index (χ1n) is 11.3. The Bertz CT molecular complexity index is 842. The van der Waals surface area contributed by atoms with Crippen LogP contribution in [0.2, 0.25) is 0 Å². The number of hydrogen-bond acceptors (Lipinski definition) is 2. The molecule has 3 rings (SSSR count). The van der Waals surface area contributed by atoms with Crippen LogP contribution in [0.3, 0.4) is 0 Å². The van der Waals surface area contributed by atoms with Crippen molar-refractivity contribution in [3.8, 4) is 0 Å². The highest BCUT2D eigenvalue weighted by atomic mass is 32.2. The molecule has 0 radical (unpaired) electrons. The third-order valence-electron chi connectivity index (χ3n) is 5.33. The molecule has 0 bridgehead atoms. The van der Waals surface area contributed by atoms with Crippen molar-refractivity contribution in [2.45, 2.75) is 60.3 Å². The molecular formula is C29H34S2. The largest absolute Gasteiger partial charge is 0.111 e. The zero-order chi connectivity index (χ0) is 21.7. The fourth-order valence-corrected chi connectivity index (χ4v) is 6.50. The van der Waals surface area contributed by atoms with Crippen LogP contribution in [0.4, 0.5) is 0 Å². The summed E-state index contributed by atoms with van der Waals surface area (Å²) in [5.41, 5.74) is 2.88. The summed E-state index contributed by atoms with van der Waals surface area (Å²) in [5, 5.41) is 0. The van der Waals surface area contributed by atoms with E-state index in [0.717, 1.165) is 0 Å². The number of allylic oxidation sites excluding steroid dienone is 2. The molecule has 0 aliphatic rings. The normalized spacial score (nSPS) is 12.0. The van der Waals surface area contributed by atoms with Gasteiger partial charge in [0.25, 0.3) is 0 Å². The van der Waals surface area contributed by atoms with E-state index in [2.05, 4.69) is 111 Å². The second kappa shape index (κ2) is 13.5.